The van der Waals surface area contributed by atoms with Gasteiger partial charge in [0, 0.05) is 5.39 Å². The predicted octanol–water partition coefficient (Wildman–Crippen LogP) is 4.66. The molecule has 0 spiro atoms. The number of nitrogens with one attached hydrogen (secondary N) is 1. The van der Waals surface area contributed by atoms with Crippen LogP contribution in [0.5, 0.6) is 0 Å². The van der Waals surface area contributed by atoms with Crippen molar-refractivity contribution < 1.29 is 0 Å². The summed E-state index contributed by atoms with van der Waals surface area (Å²) in [5, 5.41) is 1.11. The Balaban J connectivity index is 1.64. The summed E-state index contributed by atoms with van der Waals surface area (Å²) in [4.78, 5) is 18.0. The van der Waals surface area contributed by atoms with Crippen LogP contribution in [0.15, 0.2) is 72.8 Å². The number of nitrogens with zero attached hydrogens (tertiary/aromatic N) is 4. The number of imidazole rings is 1. The van der Waals surface area contributed by atoms with Crippen molar-refractivity contribution in [2.45, 2.75) is 6.54 Å². The molecule has 0 radical (unpaired) electrons. The smallest absolute Gasteiger partial charge is 0.160 e. The zero-order valence-corrected chi connectivity index (χ0v) is 14.4. The molecule has 0 fully saturated rings. The van der Waals surface area contributed by atoms with Gasteiger partial charge in [0.1, 0.15) is 11.3 Å². The predicted molar refractivity (Wildman–Crippen MR) is 108 cm³/mol. The molecular formula is C22H15N5. The third-order valence-electron chi connectivity index (χ3n) is 5.00. The van der Waals surface area contributed by atoms with E-state index >= 15 is 0 Å². The van der Waals surface area contributed by atoms with Gasteiger partial charge in [0.05, 0.1) is 34.1 Å². The lowest BCUT2D eigenvalue weighted by molar-refractivity contribution is 0.807. The van der Waals surface area contributed by atoms with E-state index in [0.717, 1.165) is 50.0 Å². The Morgan fingerprint density at radius 2 is 1.41 bits per heavy atom. The first-order valence-corrected chi connectivity index (χ1v) is 8.94. The molecular weight excluding hydrogens is 334 g/mol. The Hall–Kier alpha value is -3.73. The average Bonchev–Trinajstić information content (AvgIpc) is 3.26. The molecule has 3 heterocycles. The van der Waals surface area contributed by atoms with E-state index in [-0.39, 0.29) is 0 Å². The van der Waals surface area contributed by atoms with Crippen molar-refractivity contribution in [1.82, 2.24) is 24.5 Å². The van der Waals surface area contributed by atoms with Crippen LogP contribution < -0.4 is 0 Å². The maximum absolute atomic E-state index is 4.92. The molecule has 0 bridgehead atoms. The van der Waals surface area contributed by atoms with Crippen LogP contribution in [0, 0.1) is 0 Å². The van der Waals surface area contributed by atoms with Crippen molar-refractivity contribution in [3.05, 3.63) is 78.6 Å². The zero-order chi connectivity index (χ0) is 17.8. The van der Waals surface area contributed by atoms with Gasteiger partial charge in [0.25, 0.3) is 0 Å². The number of para-hydroxylation sites is 5. The summed E-state index contributed by atoms with van der Waals surface area (Å²) in [7, 11) is 0. The van der Waals surface area contributed by atoms with E-state index in [2.05, 4.69) is 27.8 Å². The molecule has 0 amide bonds. The molecule has 0 saturated heterocycles. The Kier molecular flexibility index (Phi) is 2.88. The number of H-pyrrole nitrogens is 1. The van der Waals surface area contributed by atoms with Crippen molar-refractivity contribution in [3.8, 4) is 0 Å². The highest BCUT2D eigenvalue weighted by Crippen LogP contribution is 2.28. The molecule has 5 nitrogen and oxygen atoms in total. The topological polar surface area (TPSA) is 59.4 Å². The third kappa shape index (κ3) is 2.15. The molecule has 27 heavy (non-hydrogen) atoms. The quantitative estimate of drug-likeness (QED) is 0.494. The van der Waals surface area contributed by atoms with E-state index in [0.29, 0.717) is 6.54 Å². The average molecular weight is 349 g/mol. The van der Waals surface area contributed by atoms with E-state index < -0.39 is 0 Å². The molecule has 0 unspecified atom stereocenters. The van der Waals surface area contributed by atoms with Gasteiger partial charge in [-0.25, -0.2) is 15.0 Å². The second kappa shape index (κ2) is 5.38. The lowest BCUT2D eigenvalue weighted by atomic mass is 10.2. The van der Waals surface area contributed by atoms with Crippen LogP contribution in [-0.4, -0.2) is 24.5 Å². The number of aromatic nitrogens is 5. The van der Waals surface area contributed by atoms with Gasteiger partial charge in [-0.15, -0.1) is 0 Å². The summed E-state index contributed by atoms with van der Waals surface area (Å²) < 4.78 is 2.20. The third-order valence-corrected chi connectivity index (χ3v) is 5.00. The lowest BCUT2D eigenvalue weighted by Gasteiger charge is -2.05. The minimum Gasteiger partial charge on any atom is -0.340 e. The SMILES string of the molecule is c1ccc2nc3c(nc2c1)c1ccccc1n3Cc1nc2ccccc2[nH]1. The number of rotatable bonds is 2. The number of aromatic amines is 1. The van der Waals surface area contributed by atoms with Crippen molar-refractivity contribution >= 4 is 44.1 Å². The van der Waals surface area contributed by atoms with Crippen LogP contribution in [-0.2, 0) is 6.54 Å². The van der Waals surface area contributed by atoms with Crippen LogP contribution >= 0.6 is 0 Å². The lowest BCUT2D eigenvalue weighted by Crippen LogP contribution is -2.02. The van der Waals surface area contributed by atoms with Gasteiger partial charge in [0.15, 0.2) is 5.65 Å². The fraction of sp³-hybridized carbons (Fsp3) is 0.0455. The molecule has 1 N–H and O–H groups in total. The molecule has 0 aliphatic rings. The van der Waals surface area contributed by atoms with Crippen molar-refractivity contribution in [2.24, 2.45) is 0 Å². The summed E-state index contributed by atoms with van der Waals surface area (Å²) in [6.45, 7) is 0.617. The zero-order valence-electron chi connectivity index (χ0n) is 14.4. The number of hydrogen-bond donors (Lipinski definition) is 1. The first-order valence-electron chi connectivity index (χ1n) is 8.94. The molecule has 5 heteroatoms. The standard InChI is InChI=1S/C22H15N5/c1-6-12-19-14(7-1)21-22(26-18-11-5-4-10-17(18)25-21)27(19)13-20-23-15-8-2-3-9-16(15)24-20/h1-12H,13H2,(H,23,24). The maximum atomic E-state index is 4.92. The molecule has 6 rings (SSSR count). The molecule has 3 aromatic heterocycles. The summed E-state index contributed by atoms with van der Waals surface area (Å²) in [6, 6.07) is 24.4. The van der Waals surface area contributed by atoms with E-state index in [4.69, 9.17) is 15.0 Å². The number of benzene rings is 3. The largest absolute Gasteiger partial charge is 0.340 e. The van der Waals surface area contributed by atoms with E-state index in [1.54, 1.807) is 0 Å². The summed E-state index contributed by atoms with van der Waals surface area (Å²) in [6.07, 6.45) is 0. The first kappa shape index (κ1) is 14.4. The highest BCUT2D eigenvalue weighted by molar-refractivity contribution is 6.06. The number of fused-ring (bicyclic) bond motifs is 5. The normalized spacial score (nSPS) is 11.9. The van der Waals surface area contributed by atoms with Crippen LogP contribution in [0.25, 0.3) is 44.1 Å². The van der Waals surface area contributed by atoms with Crippen LogP contribution in [0.2, 0.25) is 0 Å². The fourth-order valence-corrected chi connectivity index (χ4v) is 3.77. The van der Waals surface area contributed by atoms with E-state index in [1.165, 1.54) is 0 Å². The summed E-state index contributed by atoms with van der Waals surface area (Å²) >= 11 is 0. The molecule has 0 aliphatic heterocycles. The Bertz CT molecular complexity index is 1420. The van der Waals surface area contributed by atoms with Crippen LogP contribution in [0.4, 0.5) is 0 Å². The van der Waals surface area contributed by atoms with E-state index in [1.807, 2.05) is 54.6 Å². The Morgan fingerprint density at radius 3 is 2.26 bits per heavy atom. The summed E-state index contributed by atoms with van der Waals surface area (Å²) in [5.74, 6) is 0.911. The summed E-state index contributed by atoms with van der Waals surface area (Å²) in [5.41, 5.74) is 6.77. The minimum atomic E-state index is 0.617. The second-order valence-corrected chi connectivity index (χ2v) is 6.69. The molecule has 128 valence electrons. The van der Waals surface area contributed by atoms with Gasteiger partial charge in [-0.3, -0.25) is 0 Å². The Labute approximate surface area is 154 Å². The van der Waals surface area contributed by atoms with Gasteiger partial charge in [-0.1, -0.05) is 42.5 Å². The highest BCUT2D eigenvalue weighted by Gasteiger charge is 2.15. The number of hydrogen-bond acceptors (Lipinski definition) is 3. The van der Waals surface area contributed by atoms with Gasteiger partial charge in [0.2, 0.25) is 0 Å². The van der Waals surface area contributed by atoms with E-state index in [9.17, 15) is 0 Å². The Morgan fingerprint density at radius 1 is 0.704 bits per heavy atom. The van der Waals surface area contributed by atoms with Crippen molar-refractivity contribution in [1.29, 1.82) is 0 Å². The monoisotopic (exact) mass is 349 g/mol. The maximum Gasteiger partial charge on any atom is 0.160 e. The van der Waals surface area contributed by atoms with Gasteiger partial charge < -0.3 is 9.55 Å². The molecule has 0 saturated carbocycles. The van der Waals surface area contributed by atoms with Crippen molar-refractivity contribution in [3.63, 3.8) is 0 Å². The molecule has 3 aromatic carbocycles. The molecule has 0 atom stereocenters. The molecule has 0 aliphatic carbocycles. The van der Waals surface area contributed by atoms with Crippen LogP contribution in [0.3, 0.4) is 0 Å². The van der Waals surface area contributed by atoms with Crippen molar-refractivity contribution in [2.75, 3.05) is 0 Å². The van der Waals surface area contributed by atoms with Gasteiger partial charge in [-0.05, 0) is 30.3 Å². The van der Waals surface area contributed by atoms with Gasteiger partial charge >= 0.3 is 0 Å². The molecule has 6 aromatic rings. The first-order chi connectivity index (χ1) is 13.4. The highest BCUT2D eigenvalue weighted by atomic mass is 15.1. The fourth-order valence-electron chi connectivity index (χ4n) is 3.77. The second-order valence-electron chi connectivity index (χ2n) is 6.69. The van der Waals surface area contributed by atoms with Gasteiger partial charge in [-0.2, -0.15) is 0 Å². The van der Waals surface area contributed by atoms with Crippen LogP contribution in [0.1, 0.15) is 5.82 Å². The minimum absolute atomic E-state index is 0.617.